The molecule has 0 aliphatic heterocycles. The SMILES string of the molecule is N=CN(C(=N)c1cccc(NC(=O)c2cc(-c3ccc(C4CCCC4)nc3)ccn2)c1)C1CC1. The molecule has 34 heavy (non-hydrogen) atoms. The summed E-state index contributed by atoms with van der Waals surface area (Å²) in [7, 11) is 0. The van der Waals surface area contributed by atoms with Gasteiger partial charge in [-0.2, -0.15) is 0 Å². The number of rotatable bonds is 7. The van der Waals surface area contributed by atoms with Gasteiger partial charge >= 0.3 is 0 Å². The predicted octanol–water partition coefficient (Wildman–Crippen LogP) is 5.45. The number of carbonyl (C=O) groups excluding carboxylic acids is 1. The topological polar surface area (TPSA) is 106 Å². The number of anilines is 1. The van der Waals surface area contributed by atoms with Crippen LogP contribution in [0.5, 0.6) is 0 Å². The zero-order valence-electron chi connectivity index (χ0n) is 19.0. The average Bonchev–Trinajstić information content (AvgIpc) is 3.56. The fourth-order valence-corrected chi connectivity index (χ4v) is 4.57. The van der Waals surface area contributed by atoms with Gasteiger partial charge in [0, 0.05) is 46.9 Å². The molecule has 2 aliphatic carbocycles. The summed E-state index contributed by atoms with van der Waals surface area (Å²) in [5.41, 5.74) is 4.57. The number of nitrogens with zero attached hydrogens (tertiary/aromatic N) is 3. The van der Waals surface area contributed by atoms with Gasteiger partial charge in [0.05, 0.1) is 6.34 Å². The molecule has 3 N–H and O–H groups in total. The number of hydrogen-bond acceptors (Lipinski definition) is 5. The Balaban J connectivity index is 1.30. The summed E-state index contributed by atoms with van der Waals surface area (Å²) < 4.78 is 0. The minimum Gasteiger partial charge on any atom is -0.321 e. The van der Waals surface area contributed by atoms with Crippen molar-refractivity contribution in [3.63, 3.8) is 0 Å². The molecule has 2 aliphatic rings. The van der Waals surface area contributed by atoms with Crippen LogP contribution < -0.4 is 5.32 Å². The first-order valence-electron chi connectivity index (χ1n) is 11.8. The van der Waals surface area contributed by atoms with Gasteiger partial charge in [-0.05, 0) is 61.6 Å². The van der Waals surface area contributed by atoms with E-state index >= 15 is 0 Å². The van der Waals surface area contributed by atoms with E-state index in [0.29, 0.717) is 22.9 Å². The zero-order chi connectivity index (χ0) is 23.5. The maximum Gasteiger partial charge on any atom is 0.274 e. The summed E-state index contributed by atoms with van der Waals surface area (Å²) in [4.78, 5) is 23.5. The molecule has 0 spiro atoms. The van der Waals surface area contributed by atoms with E-state index in [1.165, 1.54) is 32.0 Å². The van der Waals surface area contributed by atoms with Gasteiger partial charge in [-0.25, -0.2) is 0 Å². The van der Waals surface area contributed by atoms with Gasteiger partial charge in [0.25, 0.3) is 5.91 Å². The molecule has 7 heteroatoms. The number of hydrogen-bond donors (Lipinski definition) is 3. The Morgan fingerprint density at radius 3 is 2.53 bits per heavy atom. The van der Waals surface area contributed by atoms with Gasteiger partial charge in [0.2, 0.25) is 0 Å². The number of amidine groups is 1. The third-order valence-corrected chi connectivity index (χ3v) is 6.62. The van der Waals surface area contributed by atoms with E-state index in [0.717, 1.165) is 29.7 Å². The van der Waals surface area contributed by atoms with E-state index in [1.54, 1.807) is 35.4 Å². The first-order chi connectivity index (χ1) is 16.6. The standard InChI is InChI=1S/C27H28N6O/c28-17-33(23-9-10-23)26(29)20-6-3-7-22(14-20)32-27(34)25-15-19(12-13-30-25)21-8-11-24(31-16-21)18-4-1-2-5-18/h3,6-8,11-18,23,28-29H,1-2,4-5,9-10H2,(H,32,34). The quantitative estimate of drug-likeness (QED) is 0.327. The van der Waals surface area contributed by atoms with Crippen molar-refractivity contribution in [1.82, 2.24) is 14.9 Å². The highest BCUT2D eigenvalue weighted by Gasteiger charge is 2.30. The van der Waals surface area contributed by atoms with E-state index < -0.39 is 0 Å². The number of benzene rings is 1. The van der Waals surface area contributed by atoms with E-state index in [2.05, 4.69) is 27.4 Å². The van der Waals surface area contributed by atoms with Crippen LogP contribution in [0.15, 0.2) is 60.9 Å². The second-order valence-corrected chi connectivity index (χ2v) is 9.03. The van der Waals surface area contributed by atoms with E-state index in [1.807, 2.05) is 18.3 Å². The summed E-state index contributed by atoms with van der Waals surface area (Å²) >= 11 is 0. The number of amides is 1. The van der Waals surface area contributed by atoms with Crippen molar-refractivity contribution in [2.75, 3.05) is 5.32 Å². The van der Waals surface area contributed by atoms with Crippen molar-refractivity contribution in [3.8, 4) is 11.1 Å². The zero-order valence-corrected chi connectivity index (χ0v) is 19.0. The lowest BCUT2D eigenvalue weighted by molar-refractivity contribution is 0.102. The molecular formula is C27H28N6O. The third kappa shape index (κ3) is 4.73. The van der Waals surface area contributed by atoms with Crippen molar-refractivity contribution in [2.45, 2.75) is 50.5 Å². The number of pyridine rings is 2. The third-order valence-electron chi connectivity index (χ3n) is 6.62. The molecule has 2 heterocycles. The molecule has 7 nitrogen and oxygen atoms in total. The van der Waals surface area contributed by atoms with Gasteiger partial charge in [0.1, 0.15) is 11.5 Å². The summed E-state index contributed by atoms with van der Waals surface area (Å²) in [5.74, 6) is 0.523. The maximum absolute atomic E-state index is 12.9. The first kappa shape index (κ1) is 21.9. The number of nitrogens with one attached hydrogen (secondary N) is 3. The highest BCUT2D eigenvalue weighted by molar-refractivity contribution is 6.06. The van der Waals surface area contributed by atoms with Crippen LogP contribution in [0.25, 0.3) is 11.1 Å². The second kappa shape index (κ2) is 9.55. The summed E-state index contributed by atoms with van der Waals surface area (Å²) in [5, 5.41) is 18.9. The number of carbonyl (C=O) groups is 1. The van der Waals surface area contributed by atoms with Crippen LogP contribution in [-0.4, -0.2) is 39.0 Å². The minimum absolute atomic E-state index is 0.233. The fraction of sp³-hybridized carbons (Fsp3) is 0.296. The van der Waals surface area contributed by atoms with Crippen molar-refractivity contribution in [3.05, 3.63) is 77.9 Å². The molecule has 0 bridgehead atoms. The molecule has 0 atom stereocenters. The lowest BCUT2D eigenvalue weighted by Gasteiger charge is -2.19. The molecule has 172 valence electrons. The highest BCUT2D eigenvalue weighted by atomic mass is 16.1. The molecule has 0 radical (unpaired) electrons. The predicted molar refractivity (Wildman–Crippen MR) is 134 cm³/mol. The van der Waals surface area contributed by atoms with Gasteiger partial charge < -0.3 is 10.2 Å². The molecule has 1 aromatic carbocycles. The van der Waals surface area contributed by atoms with E-state index in [9.17, 15) is 4.79 Å². The van der Waals surface area contributed by atoms with Crippen molar-refractivity contribution in [2.24, 2.45) is 0 Å². The van der Waals surface area contributed by atoms with Crippen LogP contribution in [-0.2, 0) is 0 Å². The average molecular weight is 453 g/mol. The summed E-state index contributed by atoms with van der Waals surface area (Å²) in [6.45, 7) is 0. The Labute approximate surface area is 199 Å². The maximum atomic E-state index is 12.9. The lowest BCUT2D eigenvalue weighted by Crippen LogP contribution is -2.31. The van der Waals surface area contributed by atoms with Crippen molar-refractivity contribution < 1.29 is 4.79 Å². The first-order valence-corrected chi connectivity index (χ1v) is 11.8. The molecule has 3 aromatic rings. The molecule has 2 saturated carbocycles. The van der Waals surface area contributed by atoms with E-state index in [4.69, 9.17) is 10.8 Å². The van der Waals surface area contributed by atoms with Gasteiger partial charge in [-0.3, -0.25) is 25.6 Å². The monoisotopic (exact) mass is 452 g/mol. The molecule has 0 saturated heterocycles. The molecule has 0 unspecified atom stereocenters. The normalized spacial score (nSPS) is 15.6. The molecular weight excluding hydrogens is 424 g/mol. The van der Waals surface area contributed by atoms with Gasteiger partial charge in [-0.15, -0.1) is 0 Å². The highest BCUT2D eigenvalue weighted by Crippen LogP contribution is 2.33. The van der Waals surface area contributed by atoms with Crippen LogP contribution in [0.3, 0.4) is 0 Å². The second-order valence-electron chi connectivity index (χ2n) is 9.03. The van der Waals surface area contributed by atoms with Crippen molar-refractivity contribution >= 4 is 23.8 Å². The summed E-state index contributed by atoms with van der Waals surface area (Å²) in [6.07, 6.45) is 11.7. The van der Waals surface area contributed by atoms with Crippen molar-refractivity contribution in [1.29, 1.82) is 10.8 Å². The van der Waals surface area contributed by atoms with E-state index in [-0.39, 0.29) is 17.8 Å². The van der Waals surface area contributed by atoms with Crippen LogP contribution in [0, 0.1) is 10.8 Å². The minimum atomic E-state index is -0.313. The molecule has 2 aromatic heterocycles. The smallest absolute Gasteiger partial charge is 0.274 e. The lowest BCUT2D eigenvalue weighted by atomic mass is 10.0. The Bertz CT molecular complexity index is 1210. The van der Waals surface area contributed by atoms with Crippen LogP contribution in [0.1, 0.15) is 66.2 Å². The molecule has 5 rings (SSSR count). The molecule has 1 amide bonds. The van der Waals surface area contributed by atoms with Gasteiger partial charge in [-0.1, -0.05) is 31.0 Å². The fourth-order valence-electron chi connectivity index (χ4n) is 4.57. The molecule has 2 fully saturated rings. The Hall–Kier alpha value is -3.87. The number of aromatic nitrogens is 2. The summed E-state index contributed by atoms with van der Waals surface area (Å²) in [6, 6.07) is 15.2. The van der Waals surface area contributed by atoms with Gasteiger partial charge in [0.15, 0.2) is 0 Å². The largest absolute Gasteiger partial charge is 0.321 e. The van der Waals surface area contributed by atoms with Crippen LogP contribution in [0.4, 0.5) is 5.69 Å². The Morgan fingerprint density at radius 1 is 1.00 bits per heavy atom. The Morgan fingerprint density at radius 2 is 1.82 bits per heavy atom. The van der Waals surface area contributed by atoms with Crippen LogP contribution >= 0.6 is 0 Å². The Kier molecular flexibility index (Phi) is 6.16. The van der Waals surface area contributed by atoms with Crippen LogP contribution in [0.2, 0.25) is 0 Å².